The lowest BCUT2D eigenvalue weighted by Gasteiger charge is -2.07. The van der Waals surface area contributed by atoms with E-state index in [1.54, 1.807) is 26.9 Å². The van der Waals surface area contributed by atoms with Crippen LogP contribution in [0.3, 0.4) is 0 Å². The number of aromatic nitrogens is 3. The van der Waals surface area contributed by atoms with Gasteiger partial charge < -0.3 is 9.15 Å². The smallest absolute Gasteiger partial charge is 0.297 e. The van der Waals surface area contributed by atoms with Gasteiger partial charge in [0, 0.05) is 7.05 Å². The van der Waals surface area contributed by atoms with Crippen LogP contribution in [0.4, 0.5) is 5.69 Å². The molecule has 0 atom stereocenters. The molecule has 0 saturated heterocycles. The van der Waals surface area contributed by atoms with E-state index >= 15 is 0 Å². The van der Waals surface area contributed by atoms with E-state index in [-0.39, 0.29) is 5.56 Å². The number of thiazole rings is 1. The monoisotopic (exact) mass is 490 g/mol. The Kier molecular flexibility index (Phi) is 6.12. The third kappa shape index (κ3) is 4.32. The minimum Gasteiger partial charge on any atom is -0.494 e. The van der Waals surface area contributed by atoms with Crippen molar-refractivity contribution in [2.45, 2.75) is 23.3 Å². The van der Waals surface area contributed by atoms with E-state index in [0.29, 0.717) is 23.1 Å². The van der Waals surface area contributed by atoms with E-state index < -0.39 is 0 Å². The maximum atomic E-state index is 13.0. The second-order valence-corrected chi connectivity index (χ2v) is 9.75. The highest BCUT2D eigenvalue weighted by Crippen LogP contribution is 2.36. The first kappa shape index (κ1) is 22.2. The minimum atomic E-state index is -0.176. The molecule has 0 unspecified atom stereocenters. The fraction of sp³-hybridized carbons (Fsp3) is 0.160. The van der Waals surface area contributed by atoms with Crippen LogP contribution in [0, 0.1) is 6.92 Å². The van der Waals surface area contributed by atoms with Crippen molar-refractivity contribution in [3.63, 3.8) is 0 Å². The summed E-state index contributed by atoms with van der Waals surface area (Å²) in [6.07, 6.45) is 1.58. The van der Waals surface area contributed by atoms with Crippen molar-refractivity contribution in [3.05, 3.63) is 82.5 Å². The SMILES string of the molecule is CCOc1ccc2nc(Sc3ccc(C=Nc4c(C)n(C)n(-c5ccccc5)c4=O)o3)sc2c1. The van der Waals surface area contributed by atoms with Gasteiger partial charge in [0.25, 0.3) is 5.56 Å². The fourth-order valence-electron chi connectivity index (χ4n) is 3.56. The van der Waals surface area contributed by atoms with Gasteiger partial charge in [-0.1, -0.05) is 18.2 Å². The van der Waals surface area contributed by atoms with E-state index in [2.05, 4.69) is 9.98 Å². The summed E-state index contributed by atoms with van der Waals surface area (Å²) >= 11 is 3.04. The summed E-state index contributed by atoms with van der Waals surface area (Å²) in [6, 6.07) is 19.1. The van der Waals surface area contributed by atoms with Crippen LogP contribution in [0.25, 0.3) is 15.9 Å². The lowest BCUT2D eigenvalue weighted by molar-refractivity contribution is 0.341. The molecule has 0 bridgehead atoms. The van der Waals surface area contributed by atoms with Gasteiger partial charge in [0.15, 0.2) is 15.1 Å². The van der Waals surface area contributed by atoms with Crippen molar-refractivity contribution in [1.82, 2.24) is 14.3 Å². The molecule has 5 rings (SSSR count). The molecule has 0 radical (unpaired) electrons. The molecule has 9 heteroatoms. The lowest BCUT2D eigenvalue weighted by Crippen LogP contribution is -2.19. The summed E-state index contributed by atoms with van der Waals surface area (Å²) in [5, 5.41) is 0.706. The second kappa shape index (κ2) is 9.36. The molecule has 0 aliphatic rings. The number of aliphatic imine (C=N–C) groups is 1. The van der Waals surface area contributed by atoms with E-state index in [1.165, 1.54) is 11.8 Å². The molecule has 0 aliphatic heterocycles. The molecule has 0 amide bonds. The molecular weight excluding hydrogens is 468 g/mol. The summed E-state index contributed by atoms with van der Waals surface area (Å²) in [5.74, 6) is 1.41. The maximum Gasteiger partial charge on any atom is 0.297 e. The molecule has 0 saturated carbocycles. The molecule has 3 heterocycles. The second-order valence-electron chi connectivity index (χ2n) is 7.47. The van der Waals surface area contributed by atoms with Crippen molar-refractivity contribution in [2.75, 3.05) is 6.61 Å². The van der Waals surface area contributed by atoms with Gasteiger partial charge in [-0.15, -0.1) is 11.3 Å². The number of fused-ring (bicyclic) bond motifs is 1. The molecule has 0 spiro atoms. The lowest BCUT2D eigenvalue weighted by atomic mass is 10.3. The first-order chi connectivity index (χ1) is 16.5. The zero-order chi connectivity index (χ0) is 23.7. The molecule has 3 aromatic heterocycles. The molecule has 7 nitrogen and oxygen atoms in total. The fourth-order valence-corrected chi connectivity index (χ4v) is 5.56. The van der Waals surface area contributed by atoms with Gasteiger partial charge >= 0.3 is 0 Å². The summed E-state index contributed by atoms with van der Waals surface area (Å²) in [6.45, 7) is 4.47. The number of benzene rings is 2. The van der Waals surface area contributed by atoms with Crippen LogP contribution in [0.15, 0.2) is 84.3 Å². The van der Waals surface area contributed by atoms with Gasteiger partial charge in [-0.3, -0.25) is 9.48 Å². The number of furan rings is 1. The number of nitrogens with zero attached hydrogens (tertiary/aromatic N) is 4. The number of rotatable bonds is 7. The predicted molar refractivity (Wildman–Crippen MR) is 137 cm³/mol. The molecule has 172 valence electrons. The normalized spacial score (nSPS) is 11.6. The Hall–Kier alpha value is -3.56. The molecule has 34 heavy (non-hydrogen) atoms. The van der Waals surface area contributed by atoms with Crippen molar-refractivity contribution in [3.8, 4) is 11.4 Å². The Morgan fingerprint density at radius 1 is 1.18 bits per heavy atom. The Bertz CT molecular complexity index is 1540. The van der Waals surface area contributed by atoms with Gasteiger partial charge in [0.1, 0.15) is 11.5 Å². The summed E-state index contributed by atoms with van der Waals surface area (Å²) in [4.78, 5) is 22.1. The van der Waals surface area contributed by atoms with Gasteiger partial charge in [0.2, 0.25) is 0 Å². The van der Waals surface area contributed by atoms with Gasteiger partial charge in [-0.2, -0.15) is 0 Å². The van der Waals surface area contributed by atoms with Crippen molar-refractivity contribution < 1.29 is 9.15 Å². The molecular formula is C25H22N4O3S2. The molecule has 2 aromatic carbocycles. The Morgan fingerprint density at radius 2 is 2.00 bits per heavy atom. The number of ether oxygens (including phenoxy) is 1. The zero-order valence-corrected chi connectivity index (χ0v) is 20.5. The average molecular weight is 491 g/mol. The van der Waals surface area contributed by atoms with Crippen molar-refractivity contribution in [1.29, 1.82) is 0 Å². The van der Waals surface area contributed by atoms with E-state index in [4.69, 9.17) is 9.15 Å². The minimum absolute atomic E-state index is 0.176. The summed E-state index contributed by atoms with van der Waals surface area (Å²) in [7, 11) is 1.85. The summed E-state index contributed by atoms with van der Waals surface area (Å²) in [5.41, 5.74) is 2.70. The van der Waals surface area contributed by atoms with E-state index in [0.717, 1.165) is 31.7 Å². The highest BCUT2D eigenvalue weighted by atomic mass is 32.2. The topological polar surface area (TPSA) is 74.6 Å². The number of para-hydroxylation sites is 1. The third-order valence-corrected chi connectivity index (χ3v) is 7.29. The molecule has 0 N–H and O–H groups in total. The first-order valence-electron chi connectivity index (χ1n) is 10.7. The van der Waals surface area contributed by atoms with Crippen LogP contribution < -0.4 is 10.3 Å². The molecule has 0 fully saturated rings. The van der Waals surface area contributed by atoms with Crippen LogP contribution in [-0.2, 0) is 7.05 Å². The van der Waals surface area contributed by atoms with Gasteiger partial charge in [0.05, 0.1) is 34.4 Å². The van der Waals surface area contributed by atoms with Crippen molar-refractivity contribution in [2.24, 2.45) is 12.0 Å². The Balaban J connectivity index is 1.36. The van der Waals surface area contributed by atoms with Crippen LogP contribution in [-0.4, -0.2) is 27.2 Å². The number of hydrogen-bond donors (Lipinski definition) is 0. The predicted octanol–water partition coefficient (Wildman–Crippen LogP) is 5.99. The number of hydrogen-bond acceptors (Lipinski definition) is 7. The van der Waals surface area contributed by atoms with Crippen LogP contribution >= 0.6 is 23.1 Å². The standard InChI is InChI=1S/C25H22N4O3S2/c1-4-31-18-10-12-20-21(14-18)33-25(27-20)34-22-13-11-19(32-22)15-26-23-16(2)28(3)29(24(23)30)17-8-6-5-7-9-17/h5-15H,4H2,1-3H3. The highest BCUT2D eigenvalue weighted by molar-refractivity contribution is 8.01. The molecule has 5 aromatic rings. The van der Waals surface area contributed by atoms with E-state index in [9.17, 15) is 4.79 Å². The van der Waals surface area contributed by atoms with Crippen LogP contribution in [0.5, 0.6) is 5.75 Å². The van der Waals surface area contributed by atoms with Crippen LogP contribution in [0.2, 0.25) is 0 Å². The quantitative estimate of drug-likeness (QED) is 0.262. The maximum absolute atomic E-state index is 13.0. The average Bonchev–Trinajstić information content (AvgIpc) is 3.50. The zero-order valence-electron chi connectivity index (χ0n) is 18.9. The highest BCUT2D eigenvalue weighted by Gasteiger charge is 2.15. The van der Waals surface area contributed by atoms with Crippen molar-refractivity contribution >= 4 is 45.2 Å². The van der Waals surface area contributed by atoms with Gasteiger partial charge in [-0.05, 0) is 68.1 Å². The largest absolute Gasteiger partial charge is 0.494 e. The Morgan fingerprint density at radius 3 is 2.79 bits per heavy atom. The molecule has 0 aliphatic carbocycles. The van der Waals surface area contributed by atoms with E-state index in [1.807, 2.05) is 81.6 Å². The Labute approximate surface area is 204 Å². The first-order valence-corrected chi connectivity index (χ1v) is 12.4. The van der Waals surface area contributed by atoms with Crippen LogP contribution in [0.1, 0.15) is 18.4 Å². The summed E-state index contributed by atoms with van der Waals surface area (Å²) < 4.78 is 16.8. The third-order valence-electron chi connectivity index (χ3n) is 5.29. The van der Waals surface area contributed by atoms with Gasteiger partial charge in [-0.25, -0.2) is 14.7 Å².